The van der Waals surface area contributed by atoms with Crippen LogP contribution in [0.5, 0.6) is 0 Å². The minimum absolute atomic E-state index is 0. The molecule has 0 amide bonds. The predicted molar refractivity (Wildman–Crippen MR) is 131 cm³/mol. The highest BCUT2D eigenvalue weighted by Gasteiger charge is 2.28. The Morgan fingerprint density at radius 3 is 2.55 bits per heavy atom. The highest BCUT2D eigenvalue weighted by molar-refractivity contribution is 14.0. The monoisotopic (exact) mass is 518 g/mol. The normalized spacial score (nSPS) is 15.6. The first-order chi connectivity index (χ1) is 13.6. The Bertz CT molecular complexity index is 563. The summed E-state index contributed by atoms with van der Waals surface area (Å²) in [6.07, 6.45) is 2.10. The summed E-state index contributed by atoms with van der Waals surface area (Å²) < 4.78 is 11.2. The van der Waals surface area contributed by atoms with Gasteiger partial charge in [-0.2, -0.15) is 0 Å². The number of halogens is 1. The number of morpholine rings is 1. The molecule has 0 radical (unpaired) electrons. The number of nitrogens with zero attached hydrogens (tertiary/aromatic N) is 2. The zero-order chi connectivity index (χ0) is 20.1. The van der Waals surface area contributed by atoms with Crippen molar-refractivity contribution in [3.05, 3.63) is 35.9 Å². The van der Waals surface area contributed by atoms with Crippen LogP contribution >= 0.6 is 24.0 Å². The van der Waals surface area contributed by atoms with Gasteiger partial charge in [0.25, 0.3) is 0 Å². The van der Waals surface area contributed by atoms with E-state index in [1.807, 2.05) is 18.2 Å². The molecule has 6 nitrogen and oxygen atoms in total. The van der Waals surface area contributed by atoms with Crippen LogP contribution in [-0.4, -0.2) is 68.9 Å². The van der Waals surface area contributed by atoms with Crippen molar-refractivity contribution in [3.8, 4) is 0 Å². The zero-order valence-corrected chi connectivity index (χ0v) is 20.6. The summed E-state index contributed by atoms with van der Waals surface area (Å²) in [5.41, 5.74) is 1.27. The molecular weight excluding hydrogens is 479 g/mol. The third-order valence-corrected chi connectivity index (χ3v) is 4.95. The average molecular weight is 518 g/mol. The lowest BCUT2D eigenvalue weighted by Crippen LogP contribution is -2.52. The predicted octanol–water partition coefficient (Wildman–Crippen LogP) is 3.27. The summed E-state index contributed by atoms with van der Waals surface area (Å²) in [5.74, 6) is 0.897. The van der Waals surface area contributed by atoms with Crippen LogP contribution < -0.4 is 10.6 Å². The highest BCUT2D eigenvalue weighted by atomic mass is 127. The Kier molecular flexibility index (Phi) is 13.5. The Balaban J connectivity index is 0.00000420. The number of hydrogen-bond donors (Lipinski definition) is 2. The van der Waals surface area contributed by atoms with Crippen molar-refractivity contribution in [2.75, 3.05) is 52.5 Å². The maximum absolute atomic E-state index is 5.74. The third kappa shape index (κ3) is 10.6. The highest BCUT2D eigenvalue weighted by Crippen LogP contribution is 2.16. The van der Waals surface area contributed by atoms with Crippen LogP contribution in [0, 0.1) is 0 Å². The first kappa shape index (κ1) is 26.1. The fourth-order valence-corrected chi connectivity index (χ4v) is 3.18. The van der Waals surface area contributed by atoms with Crippen LogP contribution in [0.4, 0.5) is 0 Å². The van der Waals surface area contributed by atoms with E-state index in [1.165, 1.54) is 5.56 Å². The molecule has 0 saturated carbocycles. The summed E-state index contributed by atoms with van der Waals surface area (Å²) in [7, 11) is 0. The number of aliphatic imine (C=N–C) groups is 1. The smallest absolute Gasteiger partial charge is 0.191 e. The fraction of sp³-hybridized carbons (Fsp3) is 0.682. The van der Waals surface area contributed by atoms with E-state index in [9.17, 15) is 0 Å². The lowest BCUT2D eigenvalue weighted by molar-refractivity contribution is -0.00683. The molecule has 1 aromatic rings. The number of nitrogens with one attached hydrogen (secondary N) is 2. The largest absolute Gasteiger partial charge is 0.379 e. The van der Waals surface area contributed by atoms with Gasteiger partial charge in [-0.15, -0.1) is 24.0 Å². The van der Waals surface area contributed by atoms with Crippen LogP contribution in [0.25, 0.3) is 0 Å². The standard InChI is InChI=1S/C22H38N4O2.HI/c1-4-23-21(25-19-22(2,3)26-13-16-27-17-14-26)24-12-8-9-15-28-18-20-10-6-5-7-11-20;/h5-7,10-11H,4,8-9,12-19H2,1-3H3,(H2,23,24,25);1H. The van der Waals surface area contributed by atoms with E-state index in [4.69, 9.17) is 14.5 Å². The Labute approximate surface area is 193 Å². The van der Waals surface area contributed by atoms with Gasteiger partial charge in [0.2, 0.25) is 0 Å². The molecule has 166 valence electrons. The van der Waals surface area contributed by atoms with Gasteiger partial charge in [-0.05, 0) is 39.2 Å². The first-order valence-corrected chi connectivity index (χ1v) is 10.6. The maximum Gasteiger partial charge on any atom is 0.191 e. The van der Waals surface area contributed by atoms with E-state index < -0.39 is 0 Å². The van der Waals surface area contributed by atoms with Crippen molar-refractivity contribution in [1.29, 1.82) is 0 Å². The molecule has 1 heterocycles. The third-order valence-electron chi connectivity index (χ3n) is 4.95. The molecule has 1 aliphatic heterocycles. The lowest BCUT2D eigenvalue weighted by atomic mass is 10.0. The number of benzene rings is 1. The molecule has 0 aromatic heterocycles. The van der Waals surface area contributed by atoms with Crippen molar-refractivity contribution in [3.63, 3.8) is 0 Å². The van der Waals surface area contributed by atoms with Crippen molar-refractivity contribution in [2.45, 2.75) is 45.8 Å². The summed E-state index contributed by atoms with van der Waals surface area (Å²) in [5, 5.41) is 6.79. The zero-order valence-electron chi connectivity index (χ0n) is 18.3. The van der Waals surface area contributed by atoms with Gasteiger partial charge < -0.3 is 20.1 Å². The number of rotatable bonds is 11. The minimum atomic E-state index is 0. The molecule has 0 atom stereocenters. The molecule has 29 heavy (non-hydrogen) atoms. The molecule has 1 aromatic carbocycles. The summed E-state index contributed by atoms with van der Waals surface area (Å²) >= 11 is 0. The number of ether oxygens (including phenoxy) is 2. The van der Waals surface area contributed by atoms with Gasteiger partial charge in [-0.3, -0.25) is 9.89 Å². The van der Waals surface area contributed by atoms with Crippen LogP contribution in [0.15, 0.2) is 35.3 Å². The number of unbranched alkanes of at least 4 members (excludes halogenated alkanes) is 1. The number of hydrogen-bond acceptors (Lipinski definition) is 4. The van der Waals surface area contributed by atoms with Gasteiger partial charge in [0.15, 0.2) is 5.96 Å². The second kappa shape index (κ2) is 15.0. The van der Waals surface area contributed by atoms with Gasteiger partial charge in [0, 0.05) is 38.3 Å². The van der Waals surface area contributed by atoms with Crippen molar-refractivity contribution < 1.29 is 9.47 Å². The van der Waals surface area contributed by atoms with E-state index in [0.29, 0.717) is 6.61 Å². The Morgan fingerprint density at radius 2 is 1.86 bits per heavy atom. The fourth-order valence-electron chi connectivity index (χ4n) is 3.18. The minimum Gasteiger partial charge on any atom is -0.379 e. The van der Waals surface area contributed by atoms with E-state index in [2.05, 4.69) is 48.4 Å². The van der Waals surface area contributed by atoms with Crippen molar-refractivity contribution >= 4 is 29.9 Å². The van der Waals surface area contributed by atoms with Crippen molar-refractivity contribution in [1.82, 2.24) is 15.5 Å². The molecule has 1 fully saturated rings. The maximum atomic E-state index is 5.74. The molecule has 1 aliphatic rings. The molecule has 0 bridgehead atoms. The quantitative estimate of drug-likeness (QED) is 0.204. The SMILES string of the molecule is CCNC(=NCC(C)(C)N1CCOCC1)NCCCCOCc1ccccc1.I. The Hall–Kier alpha value is -0.900. The Morgan fingerprint density at radius 1 is 1.14 bits per heavy atom. The topological polar surface area (TPSA) is 58.1 Å². The first-order valence-electron chi connectivity index (χ1n) is 10.6. The van der Waals surface area contributed by atoms with Gasteiger partial charge in [-0.1, -0.05) is 30.3 Å². The lowest BCUT2D eigenvalue weighted by Gasteiger charge is -2.39. The molecule has 2 rings (SSSR count). The van der Waals surface area contributed by atoms with E-state index in [1.54, 1.807) is 0 Å². The molecule has 0 aliphatic carbocycles. The second-order valence-corrected chi connectivity index (χ2v) is 7.78. The molecule has 2 N–H and O–H groups in total. The molecule has 0 spiro atoms. The summed E-state index contributed by atoms with van der Waals surface area (Å²) in [4.78, 5) is 7.28. The van der Waals surface area contributed by atoms with E-state index in [-0.39, 0.29) is 29.5 Å². The van der Waals surface area contributed by atoms with Gasteiger partial charge in [-0.25, -0.2) is 0 Å². The average Bonchev–Trinajstić information content (AvgIpc) is 2.72. The molecular formula is C22H39IN4O2. The van der Waals surface area contributed by atoms with Gasteiger partial charge in [0.1, 0.15) is 0 Å². The van der Waals surface area contributed by atoms with E-state index >= 15 is 0 Å². The van der Waals surface area contributed by atoms with Crippen molar-refractivity contribution in [2.24, 2.45) is 4.99 Å². The molecule has 7 heteroatoms. The van der Waals surface area contributed by atoms with Crippen LogP contribution in [0.3, 0.4) is 0 Å². The van der Waals surface area contributed by atoms with Gasteiger partial charge >= 0.3 is 0 Å². The number of guanidine groups is 1. The van der Waals surface area contributed by atoms with Crippen LogP contribution in [-0.2, 0) is 16.1 Å². The molecule has 0 unspecified atom stereocenters. The van der Waals surface area contributed by atoms with Crippen LogP contribution in [0.1, 0.15) is 39.2 Å². The summed E-state index contributed by atoms with van der Waals surface area (Å²) in [6, 6.07) is 10.3. The second-order valence-electron chi connectivity index (χ2n) is 7.78. The van der Waals surface area contributed by atoms with E-state index in [0.717, 1.165) is 71.3 Å². The summed E-state index contributed by atoms with van der Waals surface area (Å²) in [6.45, 7) is 14.2. The van der Waals surface area contributed by atoms with Crippen LogP contribution in [0.2, 0.25) is 0 Å². The van der Waals surface area contributed by atoms with Gasteiger partial charge in [0.05, 0.1) is 26.4 Å². The molecule has 1 saturated heterocycles.